The number of hydrogen-bond donors (Lipinski definition) is 4. The van der Waals surface area contributed by atoms with Gasteiger partial charge in [0.25, 0.3) is 5.56 Å². The van der Waals surface area contributed by atoms with E-state index in [9.17, 15) is 19.3 Å². The predicted octanol–water partition coefficient (Wildman–Crippen LogP) is -0.681. The lowest BCUT2D eigenvalue weighted by Gasteiger charge is -2.15. The molecule has 0 radical (unpaired) electrons. The third-order valence-electron chi connectivity index (χ3n) is 3.07. The van der Waals surface area contributed by atoms with Crippen molar-refractivity contribution >= 4 is 19.6 Å². The number of phosphoric acid groups is 1. The number of thioether (sulfide) groups is 1. The molecule has 4 N–H and O–H groups in total. The number of hydrogen-bond acceptors (Lipinski definition) is 6. The van der Waals surface area contributed by atoms with E-state index in [1.165, 1.54) is 10.8 Å². The van der Waals surface area contributed by atoms with Crippen molar-refractivity contribution in [3.63, 3.8) is 0 Å². The van der Waals surface area contributed by atoms with Gasteiger partial charge in [0.05, 0.1) is 23.3 Å². The van der Waals surface area contributed by atoms with E-state index < -0.39 is 35.8 Å². The van der Waals surface area contributed by atoms with Gasteiger partial charge in [-0.2, -0.15) is 0 Å². The Balaban J connectivity index is 2.14. The zero-order valence-electron chi connectivity index (χ0n) is 11.0. The Bertz CT molecular complexity index is 681. The van der Waals surface area contributed by atoms with Crippen LogP contribution in [-0.4, -0.2) is 42.4 Å². The van der Waals surface area contributed by atoms with Crippen LogP contribution in [-0.2, 0) is 9.09 Å². The van der Waals surface area contributed by atoms with Gasteiger partial charge in [-0.1, -0.05) is 0 Å². The van der Waals surface area contributed by atoms with Gasteiger partial charge in [0.1, 0.15) is 0 Å². The van der Waals surface area contributed by atoms with E-state index in [1.54, 1.807) is 6.92 Å². The molecule has 0 bridgehead atoms. The summed E-state index contributed by atoms with van der Waals surface area (Å²) in [5, 5.41) is 8.89. The first-order valence-electron chi connectivity index (χ1n) is 6.03. The van der Waals surface area contributed by atoms with Crippen LogP contribution < -0.4 is 11.2 Å². The Morgan fingerprint density at radius 3 is 2.81 bits per heavy atom. The average Bonchev–Trinajstić information content (AvgIpc) is 2.72. The quantitative estimate of drug-likeness (QED) is 0.529. The summed E-state index contributed by atoms with van der Waals surface area (Å²) >= 11 is 1.16. The van der Waals surface area contributed by atoms with Crippen molar-refractivity contribution in [2.24, 2.45) is 0 Å². The SMILES string of the molecule is Cc1cn([C@H]2C[C@H](O)[C@@H](COP(=O)(O)O)S2)c(=O)[nH]c1=O. The maximum atomic E-state index is 11.8. The zero-order valence-corrected chi connectivity index (χ0v) is 12.7. The Morgan fingerprint density at radius 1 is 1.52 bits per heavy atom. The molecule has 11 heteroatoms. The first-order chi connectivity index (χ1) is 9.67. The Labute approximate surface area is 123 Å². The van der Waals surface area contributed by atoms with Crippen LogP contribution in [0.1, 0.15) is 17.4 Å². The van der Waals surface area contributed by atoms with Crippen LogP contribution in [0.15, 0.2) is 15.8 Å². The van der Waals surface area contributed by atoms with Crippen molar-refractivity contribution in [2.75, 3.05) is 6.61 Å². The first-order valence-corrected chi connectivity index (χ1v) is 8.50. The monoisotopic (exact) mass is 338 g/mol. The van der Waals surface area contributed by atoms with Crippen molar-refractivity contribution < 1.29 is 24.0 Å². The second-order valence-electron chi connectivity index (χ2n) is 4.70. The molecule has 1 saturated heterocycles. The fourth-order valence-electron chi connectivity index (χ4n) is 2.01. The molecule has 3 atom stereocenters. The summed E-state index contributed by atoms with van der Waals surface area (Å²) in [7, 11) is -4.60. The molecule has 2 heterocycles. The Morgan fingerprint density at radius 2 is 2.19 bits per heavy atom. The second kappa shape index (κ2) is 6.07. The molecule has 2 rings (SSSR count). The summed E-state index contributed by atoms with van der Waals surface area (Å²) in [5.74, 6) is 0. The number of rotatable bonds is 4. The van der Waals surface area contributed by atoms with Gasteiger partial charge in [-0.25, -0.2) is 9.36 Å². The third-order valence-corrected chi connectivity index (χ3v) is 5.09. The van der Waals surface area contributed by atoms with Crippen LogP contribution in [0.4, 0.5) is 0 Å². The van der Waals surface area contributed by atoms with Gasteiger partial charge < -0.3 is 14.9 Å². The highest BCUT2D eigenvalue weighted by atomic mass is 32.2. The highest BCUT2D eigenvalue weighted by molar-refractivity contribution is 8.00. The molecule has 0 aliphatic carbocycles. The normalized spacial score (nSPS) is 26.2. The molecule has 0 saturated carbocycles. The second-order valence-corrected chi connectivity index (χ2v) is 7.36. The van der Waals surface area contributed by atoms with Gasteiger partial charge >= 0.3 is 13.5 Å². The van der Waals surface area contributed by atoms with Crippen LogP contribution in [0.2, 0.25) is 0 Å². The topological polar surface area (TPSA) is 142 Å². The van der Waals surface area contributed by atoms with Crippen molar-refractivity contribution in [3.8, 4) is 0 Å². The van der Waals surface area contributed by atoms with Gasteiger partial charge in [-0.05, 0) is 6.92 Å². The van der Waals surface area contributed by atoms with E-state index in [4.69, 9.17) is 9.79 Å². The minimum atomic E-state index is -4.60. The lowest BCUT2D eigenvalue weighted by Crippen LogP contribution is -2.32. The summed E-state index contributed by atoms with van der Waals surface area (Å²) in [5.41, 5.74) is -0.701. The van der Waals surface area contributed by atoms with E-state index in [0.717, 1.165) is 11.8 Å². The van der Waals surface area contributed by atoms with E-state index in [1.807, 2.05) is 0 Å². The summed E-state index contributed by atoms with van der Waals surface area (Å²) < 4.78 is 16.3. The number of aliphatic hydroxyl groups excluding tert-OH is 1. The van der Waals surface area contributed by atoms with Crippen LogP contribution in [0.25, 0.3) is 0 Å². The van der Waals surface area contributed by atoms with Crippen molar-refractivity contribution in [1.29, 1.82) is 0 Å². The zero-order chi connectivity index (χ0) is 15.8. The molecule has 9 nitrogen and oxygen atoms in total. The van der Waals surface area contributed by atoms with E-state index in [2.05, 4.69) is 9.51 Å². The maximum Gasteiger partial charge on any atom is 0.469 e. The number of aromatic nitrogens is 2. The van der Waals surface area contributed by atoms with E-state index in [0.29, 0.717) is 5.56 Å². The molecule has 1 aliphatic rings. The number of aliphatic hydroxyl groups is 1. The largest absolute Gasteiger partial charge is 0.469 e. The molecule has 1 aliphatic heterocycles. The summed E-state index contributed by atoms with van der Waals surface area (Å²) in [6.45, 7) is 1.23. The average molecular weight is 338 g/mol. The third kappa shape index (κ3) is 4.06. The Hall–Kier alpha value is -0.900. The highest BCUT2D eigenvalue weighted by Gasteiger charge is 2.36. The molecule has 21 heavy (non-hydrogen) atoms. The van der Waals surface area contributed by atoms with Gasteiger partial charge in [0, 0.05) is 18.2 Å². The highest BCUT2D eigenvalue weighted by Crippen LogP contribution is 2.44. The van der Waals surface area contributed by atoms with E-state index >= 15 is 0 Å². The fraction of sp³-hybridized carbons (Fsp3) is 0.600. The summed E-state index contributed by atoms with van der Waals surface area (Å²) in [6, 6.07) is 0. The smallest absolute Gasteiger partial charge is 0.392 e. The molecular formula is C10H15N2O7PS. The molecular weight excluding hydrogens is 323 g/mol. The molecule has 118 valence electrons. The first kappa shape index (κ1) is 16.5. The Kier molecular flexibility index (Phi) is 4.76. The van der Waals surface area contributed by atoms with Gasteiger partial charge in [0.2, 0.25) is 0 Å². The lowest BCUT2D eigenvalue weighted by molar-refractivity contribution is 0.128. The molecule has 0 spiro atoms. The van der Waals surface area contributed by atoms with Crippen LogP contribution in [0.5, 0.6) is 0 Å². The van der Waals surface area contributed by atoms with Crippen molar-refractivity contribution in [1.82, 2.24) is 9.55 Å². The molecule has 0 aromatic carbocycles. The van der Waals surface area contributed by atoms with E-state index in [-0.39, 0.29) is 13.0 Å². The minimum absolute atomic E-state index is 0.214. The molecule has 1 fully saturated rings. The number of aryl methyl sites for hydroxylation is 1. The predicted molar refractivity (Wildman–Crippen MR) is 75.1 cm³/mol. The number of aromatic amines is 1. The van der Waals surface area contributed by atoms with Gasteiger partial charge in [-0.15, -0.1) is 11.8 Å². The fourth-order valence-corrected chi connectivity index (χ4v) is 3.90. The van der Waals surface area contributed by atoms with Crippen LogP contribution in [0.3, 0.4) is 0 Å². The standard InChI is InChI=1S/C10H15N2O7PS/c1-5-3-12(10(15)11-9(5)14)8-2-6(13)7(21-8)4-19-20(16,17)18/h3,6-8,13H,2,4H2,1H3,(H,11,14,15)(H2,16,17,18)/t6-,7+,8+/m0/s1. The molecule has 1 aromatic rings. The number of phosphoric ester groups is 1. The van der Waals surface area contributed by atoms with Crippen molar-refractivity contribution in [2.45, 2.75) is 30.1 Å². The number of nitrogens with zero attached hydrogens (tertiary/aromatic N) is 1. The molecule has 0 unspecified atom stereocenters. The number of H-pyrrole nitrogens is 1. The maximum absolute atomic E-state index is 11.8. The molecule has 0 amide bonds. The molecule has 1 aromatic heterocycles. The van der Waals surface area contributed by atoms with Crippen LogP contribution in [0, 0.1) is 6.92 Å². The summed E-state index contributed by atoms with van der Waals surface area (Å²) in [4.78, 5) is 42.6. The number of nitrogens with one attached hydrogen (secondary N) is 1. The van der Waals surface area contributed by atoms with Gasteiger partial charge in [0.15, 0.2) is 0 Å². The minimum Gasteiger partial charge on any atom is -0.392 e. The lowest BCUT2D eigenvalue weighted by atomic mass is 10.2. The van der Waals surface area contributed by atoms with Crippen LogP contribution >= 0.6 is 19.6 Å². The summed E-state index contributed by atoms with van der Waals surface area (Å²) in [6.07, 6.45) is 0.744. The van der Waals surface area contributed by atoms with Crippen molar-refractivity contribution in [3.05, 3.63) is 32.6 Å². The van der Waals surface area contributed by atoms with Gasteiger partial charge in [-0.3, -0.25) is 18.9 Å².